The molecule has 0 spiro atoms. The third-order valence-electron chi connectivity index (χ3n) is 3.48. The van der Waals surface area contributed by atoms with Crippen molar-refractivity contribution < 1.29 is 4.79 Å². The van der Waals surface area contributed by atoms with Gasteiger partial charge in [0.25, 0.3) is 0 Å². The number of rotatable bonds is 5. The number of amides is 1. The van der Waals surface area contributed by atoms with Gasteiger partial charge in [-0.15, -0.1) is 11.3 Å². The van der Waals surface area contributed by atoms with Crippen LogP contribution in [0.5, 0.6) is 0 Å². The second kappa shape index (κ2) is 5.53. The minimum absolute atomic E-state index is 0.165. The predicted octanol–water partition coefficient (Wildman–Crippen LogP) is 2.61. The minimum atomic E-state index is 0.165. The van der Waals surface area contributed by atoms with Crippen LogP contribution in [0.15, 0.2) is 41.9 Å². The van der Waals surface area contributed by atoms with E-state index < -0.39 is 0 Å². The number of carbonyl (C=O) groups excluding carboxylic acids is 1. The van der Waals surface area contributed by atoms with Gasteiger partial charge in [0.2, 0.25) is 5.91 Å². The van der Waals surface area contributed by atoms with E-state index in [0.717, 1.165) is 17.8 Å². The molecule has 1 aromatic carbocycles. The summed E-state index contributed by atoms with van der Waals surface area (Å²) in [6.07, 6.45) is 3.60. The van der Waals surface area contributed by atoms with Crippen LogP contribution in [0.25, 0.3) is 0 Å². The van der Waals surface area contributed by atoms with E-state index in [2.05, 4.69) is 22.4 Å². The number of hydrogen-bond donors (Lipinski definition) is 1. The number of carbonyl (C=O) groups is 1. The first-order valence-corrected chi connectivity index (χ1v) is 7.43. The Morgan fingerprint density at radius 2 is 2.21 bits per heavy atom. The summed E-state index contributed by atoms with van der Waals surface area (Å²) < 4.78 is 0. The van der Waals surface area contributed by atoms with E-state index in [1.165, 1.54) is 5.56 Å². The molecule has 1 aromatic heterocycles. The SMILES string of the molecule is O=C(NCCc1nccs1)C1CC1c1ccccc1. The summed E-state index contributed by atoms with van der Waals surface area (Å²) in [5.41, 5.74) is 1.28. The van der Waals surface area contributed by atoms with Gasteiger partial charge in [0, 0.05) is 30.5 Å². The van der Waals surface area contributed by atoms with Crippen LogP contribution in [0.3, 0.4) is 0 Å². The van der Waals surface area contributed by atoms with Crippen molar-refractivity contribution in [3.05, 3.63) is 52.5 Å². The summed E-state index contributed by atoms with van der Waals surface area (Å²) in [5.74, 6) is 0.769. The number of benzene rings is 1. The molecule has 3 rings (SSSR count). The van der Waals surface area contributed by atoms with Gasteiger partial charge in [0.15, 0.2) is 0 Å². The van der Waals surface area contributed by atoms with Gasteiger partial charge in [-0.1, -0.05) is 30.3 Å². The summed E-state index contributed by atoms with van der Waals surface area (Å²) in [5, 5.41) is 6.05. The van der Waals surface area contributed by atoms with Crippen molar-refractivity contribution in [1.82, 2.24) is 10.3 Å². The number of thiazole rings is 1. The summed E-state index contributed by atoms with van der Waals surface area (Å²) in [4.78, 5) is 16.2. The molecular weight excluding hydrogens is 256 g/mol. The lowest BCUT2D eigenvalue weighted by atomic mass is 10.1. The Hall–Kier alpha value is -1.68. The average molecular weight is 272 g/mol. The Labute approximate surface area is 116 Å². The Bertz CT molecular complexity index is 539. The zero-order valence-corrected chi connectivity index (χ0v) is 11.4. The van der Waals surface area contributed by atoms with Crippen LogP contribution >= 0.6 is 11.3 Å². The van der Waals surface area contributed by atoms with Crippen LogP contribution in [-0.4, -0.2) is 17.4 Å². The number of nitrogens with one attached hydrogen (secondary N) is 1. The third-order valence-corrected chi connectivity index (χ3v) is 4.32. The van der Waals surface area contributed by atoms with E-state index in [4.69, 9.17) is 0 Å². The lowest BCUT2D eigenvalue weighted by Crippen LogP contribution is -2.27. The highest BCUT2D eigenvalue weighted by atomic mass is 32.1. The quantitative estimate of drug-likeness (QED) is 0.909. The van der Waals surface area contributed by atoms with Crippen molar-refractivity contribution >= 4 is 17.2 Å². The molecule has 3 nitrogen and oxygen atoms in total. The lowest BCUT2D eigenvalue weighted by Gasteiger charge is -2.03. The predicted molar refractivity (Wildman–Crippen MR) is 76.1 cm³/mol. The molecule has 1 saturated carbocycles. The second-order valence-electron chi connectivity index (χ2n) is 4.83. The minimum Gasteiger partial charge on any atom is -0.355 e. The Balaban J connectivity index is 1.45. The molecule has 2 aromatic rings. The van der Waals surface area contributed by atoms with Crippen molar-refractivity contribution in [2.24, 2.45) is 5.92 Å². The second-order valence-corrected chi connectivity index (χ2v) is 5.81. The Kier molecular flexibility index (Phi) is 3.60. The first-order valence-electron chi connectivity index (χ1n) is 6.55. The molecule has 1 aliphatic rings. The van der Waals surface area contributed by atoms with Gasteiger partial charge >= 0.3 is 0 Å². The third kappa shape index (κ3) is 3.01. The van der Waals surface area contributed by atoms with Gasteiger partial charge in [-0.05, 0) is 17.9 Å². The van der Waals surface area contributed by atoms with Crippen LogP contribution < -0.4 is 5.32 Å². The van der Waals surface area contributed by atoms with E-state index in [9.17, 15) is 4.79 Å². The standard InChI is InChI=1S/C15H16N2OS/c18-15(17-7-6-14-16-8-9-19-14)13-10-12(13)11-4-2-1-3-5-11/h1-5,8-9,12-13H,6-7,10H2,(H,17,18). The zero-order chi connectivity index (χ0) is 13.1. The van der Waals surface area contributed by atoms with Crippen molar-refractivity contribution in [3.63, 3.8) is 0 Å². The van der Waals surface area contributed by atoms with E-state index in [0.29, 0.717) is 12.5 Å². The van der Waals surface area contributed by atoms with Crippen molar-refractivity contribution in [2.45, 2.75) is 18.8 Å². The molecule has 1 fully saturated rings. The van der Waals surface area contributed by atoms with Crippen LogP contribution in [0.2, 0.25) is 0 Å². The Morgan fingerprint density at radius 3 is 2.95 bits per heavy atom. The van der Waals surface area contributed by atoms with Gasteiger partial charge < -0.3 is 5.32 Å². The fourth-order valence-corrected chi connectivity index (χ4v) is 2.97. The van der Waals surface area contributed by atoms with E-state index in [1.807, 2.05) is 23.6 Å². The molecule has 1 heterocycles. The highest BCUT2D eigenvalue weighted by molar-refractivity contribution is 7.09. The van der Waals surface area contributed by atoms with Crippen molar-refractivity contribution in [3.8, 4) is 0 Å². The molecule has 1 N–H and O–H groups in total. The number of aromatic nitrogens is 1. The molecule has 0 radical (unpaired) electrons. The van der Waals surface area contributed by atoms with E-state index >= 15 is 0 Å². The molecule has 0 aliphatic heterocycles. The summed E-state index contributed by atoms with van der Waals surface area (Å²) >= 11 is 1.63. The van der Waals surface area contributed by atoms with Gasteiger partial charge in [-0.3, -0.25) is 4.79 Å². The highest BCUT2D eigenvalue weighted by Crippen LogP contribution is 2.47. The van der Waals surface area contributed by atoms with E-state index in [-0.39, 0.29) is 11.8 Å². The van der Waals surface area contributed by atoms with Crippen LogP contribution in [0, 0.1) is 5.92 Å². The molecule has 2 unspecified atom stereocenters. The maximum atomic E-state index is 12.0. The normalized spacial score (nSPS) is 21.1. The molecule has 0 bridgehead atoms. The summed E-state index contributed by atoms with van der Waals surface area (Å²) in [6.45, 7) is 0.685. The Morgan fingerprint density at radius 1 is 1.37 bits per heavy atom. The molecule has 0 saturated heterocycles. The number of hydrogen-bond acceptors (Lipinski definition) is 3. The lowest BCUT2D eigenvalue weighted by molar-refractivity contribution is -0.122. The monoisotopic (exact) mass is 272 g/mol. The average Bonchev–Trinajstić information content (AvgIpc) is 3.09. The zero-order valence-electron chi connectivity index (χ0n) is 10.6. The summed E-state index contributed by atoms with van der Waals surface area (Å²) in [7, 11) is 0. The first-order chi connectivity index (χ1) is 9.34. The summed E-state index contributed by atoms with van der Waals surface area (Å²) in [6, 6.07) is 10.3. The molecule has 98 valence electrons. The van der Waals surface area contributed by atoms with Gasteiger partial charge in [0.1, 0.15) is 0 Å². The number of nitrogens with zero attached hydrogens (tertiary/aromatic N) is 1. The molecular formula is C15H16N2OS. The first kappa shape index (κ1) is 12.4. The molecule has 1 aliphatic carbocycles. The smallest absolute Gasteiger partial charge is 0.223 e. The molecule has 1 amide bonds. The van der Waals surface area contributed by atoms with Crippen LogP contribution in [0.1, 0.15) is 22.9 Å². The molecule has 19 heavy (non-hydrogen) atoms. The van der Waals surface area contributed by atoms with Crippen molar-refractivity contribution in [2.75, 3.05) is 6.54 Å². The maximum absolute atomic E-state index is 12.0. The maximum Gasteiger partial charge on any atom is 0.223 e. The highest BCUT2D eigenvalue weighted by Gasteiger charge is 2.43. The van der Waals surface area contributed by atoms with Crippen LogP contribution in [0.4, 0.5) is 0 Å². The van der Waals surface area contributed by atoms with Gasteiger partial charge in [0.05, 0.1) is 5.01 Å². The van der Waals surface area contributed by atoms with Gasteiger partial charge in [-0.2, -0.15) is 0 Å². The largest absolute Gasteiger partial charge is 0.355 e. The molecule has 2 atom stereocenters. The van der Waals surface area contributed by atoms with Gasteiger partial charge in [-0.25, -0.2) is 4.98 Å². The van der Waals surface area contributed by atoms with Crippen LogP contribution in [-0.2, 0) is 11.2 Å². The fraction of sp³-hybridized carbons (Fsp3) is 0.333. The topological polar surface area (TPSA) is 42.0 Å². The fourth-order valence-electron chi connectivity index (χ4n) is 2.35. The van der Waals surface area contributed by atoms with E-state index in [1.54, 1.807) is 17.5 Å². The molecule has 4 heteroatoms. The van der Waals surface area contributed by atoms with Crippen molar-refractivity contribution in [1.29, 1.82) is 0 Å².